The maximum absolute atomic E-state index is 12.7. The van der Waals surface area contributed by atoms with Crippen LogP contribution in [0.5, 0.6) is 0 Å². The van der Waals surface area contributed by atoms with Crippen molar-refractivity contribution in [2.24, 2.45) is 0 Å². The highest BCUT2D eigenvalue weighted by Gasteiger charge is 2.08. The number of hydrogen-bond donors (Lipinski definition) is 1. The van der Waals surface area contributed by atoms with Crippen LogP contribution in [0.25, 0.3) is 0 Å². The zero-order valence-electron chi connectivity index (χ0n) is 10.4. The quantitative estimate of drug-likeness (QED) is 0.916. The van der Waals surface area contributed by atoms with E-state index in [0.29, 0.717) is 18.0 Å². The normalized spacial score (nSPS) is 10.4. The molecule has 1 N–H and O–H groups in total. The highest BCUT2D eigenvalue weighted by Crippen LogP contribution is 2.13. The van der Waals surface area contributed by atoms with Crippen LogP contribution in [0, 0.1) is 5.82 Å². The summed E-state index contributed by atoms with van der Waals surface area (Å²) in [6.45, 7) is 0.449. The Labute approximate surface area is 114 Å². The number of halogens is 1. The lowest BCUT2D eigenvalue weighted by Crippen LogP contribution is -2.14. The topological polar surface area (TPSA) is 51.2 Å². The van der Waals surface area contributed by atoms with E-state index in [1.54, 1.807) is 7.11 Å². The van der Waals surface area contributed by atoms with Crippen molar-refractivity contribution in [3.8, 4) is 0 Å². The molecule has 0 spiro atoms. The first-order valence-corrected chi connectivity index (χ1v) is 6.53. The third-order valence-corrected chi connectivity index (χ3v) is 3.21. The van der Waals surface area contributed by atoms with E-state index in [1.807, 2.05) is 5.38 Å². The van der Waals surface area contributed by atoms with Gasteiger partial charge in [-0.3, -0.25) is 4.79 Å². The van der Waals surface area contributed by atoms with Crippen molar-refractivity contribution in [1.29, 1.82) is 0 Å². The molecule has 1 heterocycles. The minimum atomic E-state index is -0.332. The molecule has 0 radical (unpaired) electrons. The average molecular weight is 280 g/mol. The van der Waals surface area contributed by atoms with Gasteiger partial charge in [0.25, 0.3) is 0 Å². The van der Waals surface area contributed by atoms with E-state index in [4.69, 9.17) is 4.74 Å². The van der Waals surface area contributed by atoms with Crippen molar-refractivity contribution in [3.05, 3.63) is 46.2 Å². The van der Waals surface area contributed by atoms with Crippen molar-refractivity contribution >= 4 is 22.9 Å². The summed E-state index contributed by atoms with van der Waals surface area (Å²) < 4.78 is 17.7. The summed E-state index contributed by atoms with van der Waals surface area (Å²) in [5.41, 5.74) is 1.27. The number of methoxy groups -OCH3 is 1. The van der Waals surface area contributed by atoms with Crippen LogP contribution in [0.2, 0.25) is 0 Å². The van der Waals surface area contributed by atoms with Crippen molar-refractivity contribution in [2.75, 3.05) is 12.4 Å². The third kappa shape index (κ3) is 4.11. The lowest BCUT2D eigenvalue weighted by Gasteiger charge is -2.03. The standard InChI is InChI=1S/C13H13FN2O2S/c1-18-7-13-16-11(8-19-13)6-12(17)15-10-4-2-9(14)3-5-10/h2-5,8H,6-7H2,1H3,(H,15,17). The summed E-state index contributed by atoms with van der Waals surface area (Å²) in [4.78, 5) is 16.0. The number of hydrogen-bond acceptors (Lipinski definition) is 4. The van der Waals surface area contributed by atoms with Gasteiger partial charge in [-0.15, -0.1) is 11.3 Å². The number of nitrogens with zero attached hydrogens (tertiary/aromatic N) is 1. The molecule has 0 fully saturated rings. The summed E-state index contributed by atoms with van der Waals surface area (Å²) in [5, 5.41) is 5.36. The highest BCUT2D eigenvalue weighted by atomic mass is 32.1. The number of thiazole rings is 1. The van der Waals surface area contributed by atoms with E-state index in [0.717, 1.165) is 5.01 Å². The molecular weight excluding hydrogens is 267 g/mol. The molecule has 0 aliphatic heterocycles. The van der Waals surface area contributed by atoms with Crippen molar-refractivity contribution in [1.82, 2.24) is 4.98 Å². The van der Waals surface area contributed by atoms with E-state index in [2.05, 4.69) is 10.3 Å². The number of carbonyl (C=O) groups excluding carboxylic acids is 1. The van der Waals surface area contributed by atoms with Crippen molar-refractivity contribution in [3.63, 3.8) is 0 Å². The van der Waals surface area contributed by atoms with Gasteiger partial charge < -0.3 is 10.1 Å². The maximum Gasteiger partial charge on any atom is 0.230 e. The fourth-order valence-electron chi connectivity index (χ4n) is 1.52. The van der Waals surface area contributed by atoms with Crippen LogP contribution >= 0.6 is 11.3 Å². The average Bonchev–Trinajstić information content (AvgIpc) is 2.80. The molecule has 0 aliphatic rings. The van der Waals surface area contributed by atoms with Gasteiger partial charge >= 0.3 is 0 Å². The van der Waals surface area contributed by atoms with Gasteiger partial charge in [0, 0.05) is 18.2 Å². The molecule has 1 amide bonds. The van der Waals surface area contributed by atoms with Gasteiger partial charge in [-0.2, -0.15) is 0 Å². The fraction of sp³-hybridized carbons (Fsp3) is 0.231. The molecule has 6 heteroatoms. The van der Waals surface area contributed by atoms with Gasteiger partial charge in [0.2, 0.25) is 5.91 Å². The Kier molecular flexibility index (Phi) is 4.59. The first kappa shape index (κ1) is 13.6. The van der Waals surface area contributed by atoms with E-state index < -0.39 is 0 Å². The minimum Gasteiger partial charge on any atom is -0.378 e. The SMILES string of the molecule is COCc1nc(CC(=O)Nc2ccc(F)cc2)cs1. The largest absolute Gasteiger partial charge is 0.378 e. The second-order valence-corrected chi connectivity index (χ2v) is 4.84. The van der Waals surface area contributed by atoms with Crippen molar-refractivity contribution < 1.29 is 13.9 Å². The van der Waals surface area contributed by atoms with Crippen molar-refractivity contribution in [2.45, 2.75) is 13.0 Å². The molecule has 0 atom stereocenters. The molecule has 19 heavy (non-hydrogen) atoms. The summed E-state index contributed by atoms with van der Waals surface area (Å²) >= 11 is 1.46. The number of anilines is 1. The first-order chi connectivity index (χ1) is 9.17. The lowest BCUT2D eigenvalue weighted by atomic mass is 10.3. The minimum absolute atomic E-state index is 0.180. The monoisotopic (exact) mass is 280 g/mol. The second-order valence-electron chi connectivity index (χ2n) is 3.90. The molecule has 0 aliphatic carbocycles. The van der Waals surface area contributed by atoms with Gasteiger partial charge in [0.05, 0.1) is 18.7 Å². The Bertz CT molecular complexity index is 554. The van der Waals surface area contributed by atoms with E-state index in [9.17, 15) is 9.18 Å². The molecule has 1 aromatic carbocycles. The van der Waals surface area contributed by atoms with E-state index >= 15 is 0 Å². The van der Waals surface area contributed by atoms with E-state index in [-0.39, 0.29) is 18.1 Å². The number of rotatable bonds is 5. The molecule has 0 bridgehead atoms. The van der Waals surface area contributed by atoms with Crippen LogP contribution in [0.3, 0.4) is 0 Å². The molecule has 0 saturated carbocycles. The van der Waals surface area contributed by atoms with Crippen LogP contribution < -0.4 is 5.32 Å². The predicted octanol–water partition coefficient (Wildman–Crippen LogP) is 2.61. The third-order valence-electron chi connectivity index (χ3n) is 2.34. The Morgan fingerprint density at radius 2 is 2.16 bits per heavy atom. The van der Waals surface area contributed by atoms with E-state index in [1.165, 1.54) is 35.6 Å². The molecule has 2 rings (SSSR count). The van der Waals surface area contributed by atoms with Crippen LogP contribution in [-0.4, -0.2) is 18.0 Å². The number of amides is 1. The van der Waals surface area contributed by atoms with Gasteiger partial charge in [-0.25, -0.2) is 9.37 Å². The fourth-order valence-corrected chi connectivity index (χ4v) is 2.29. The zero-order chi connectivity index (χ0) is 13.7. The molecular formula is C13H13FN2O2S. The van der Waals surface area contributed by atoms with Gasteiger partial charge in [-0.1, -0.05) is 0 Å². The maximum atomic E-state index is 12.7. The van der Waals surface area contributed by atoms with Crippen LogP contribution in [0.1, 0.15) is 10.7 Å². The number of ether oxygens (including phenoxy) is 1. The van der Waals surface area contributed by atoms with Gasteiger partial charge in [0.15, 0.2) is 0 Å². The Balaban J connectivity index is 1.91. The second kappa shape index (κ2) is 6.40. The summed E-state index contributed by atoms with van der Waals surface area (Å²) in [6.07, 6.45) is 0.192. The van der Waals surface area contributed by atoms with Gasteiger partial charge in [-0.05, 0) is 24.3 Å². The van der Waals surface area contributed by atoms with Crippen LogP contribution in [-0.2, 0) is 22.6 Å². The molecule has 2 aromatic rings. The lowest BCUT2D eigenvalue weighted by molar-refractivity contribution is -0.115. The van der Waals surface area contributed by atoms with Gasteiger partial charge in [0.1, 0.15) is 10.8 Å². The number of carbonyl (C=O) groups is 1. The Morgan fingerprint density at radius 1 is 1.42 bits per heavy atom. The number of nitrogens with one attached hydrogen (secondary N) is 1. The molecule has 100 valence electrons. The first-order valence-electron chi connectivity index (χ1n) is 5.65. The molecule has 4 nitrogen and oxygen atoms in total. The predicted molar refractivity (Wildman–Crippen MR) is 71.6 cm³/mol. The molecule has 0 unspecified atom stereocenters. The summed E-state index contributed by atoms with van der Waals surface area (Å²) in [7, 11) is 1.60. The number of aromatic nitrogens is 1. The summed E-state index contributed by atoms with van der Waals surface area (Å²) in [6, 6.07) is 5.64. The molecule has 1 aromatic heterocycles. The summed E-state index contributed by atoms with van der Waals surface area (Å²) in [5.74, 6) is -0.511. The zero-order valence-corrected chi connectivity index (χ0v) is 11.2. The number of benzene rings is 1. The molecule has 0 saturated heterocycles. The Morgan fingerprint density at radius 3 is 2.84 bits per heavy atom. The Hall–Kier alpha value is -1.79. The van der Waals surface area contributed by atoms with Crippen LogP contribution in [0.15, 0.2) is 29.6 Å². The smallest absolute Gasteiger partial charge is 0.230 e. The highest BCUT2D eigenvalue weighted by molar-refractivity contribution is 7.09. The van der Waals surface area contributed by atoms with Crippen LogP contribution in [0.4, 0.5) is 10.1 Å².